The third-order valence-corrected chi connectivity index (χ3v) is 4.86. The summed E-state index contributed by atoms with van der Waals surface area (Å²) >= 11 is 1.30. The fourth-order valence-corrected chi connectivity index (χ4v) is 3.51. The Labute approximate surface area is 152 Å². The van der Waals surface area contributed by atoms with Crippen molar-refractivity contribution in [1.29, 1.82) is 0 Å². The zero-order valence-electron chi connectivity index (χ0n) is 13.9. The second-order valence-electron chi connectivity index (χ2n) is 5.70. The smallest absolute Gasteiger partial charge is 0.234 e. The molecule has 0 spiro atoms. The third kappa shape index (κ3) is 2.95. The lowest BCUT2D eigenvalue weighted by atomic mass is 10.1. The van der Waals surface area contributed by atoms with E-state index in [0.29, 0.717) is 22.2 Å². The standard InChI is InChI=1S/C18H15N5O2S/c1-11(24)12-6-2-3-7-13(12)19-16(25)10-26-18-22-21-17-20-14-8-4-5-9-15(14)23(17)18/h2-9H,10H2,1H3,(H,19,25)(H,20,21). The van der Waals surface area contributed by atoms with Crippen LogP contribution in [0.25, 0.3) is 16.8 Å². The number of anilines is 1. The number of hydrogen-bond donors (Lipinski definition) is 2. The van der Waals surface area contributed by atoms with Crippen molar-refractivity contribution < 1.29 is 9.59 Å². The van der Waals surface area contributed by atoms with E-state index in [1.807, 2.05) is 28.7 Å². The largest absolute Gasteiger partial charge is 0.325 e. The number of rotatable bonds is 5. The van der Waals surface area contributed by atoms with Crippen molar-refractivity contribution in [2.24, 2.45) is 0 Å². The fraction of sp³-hybridized carbons (Fsp3) is 0.111. The normalized spacial score (nSPS) is 11.1. The number of ketones is 1. The van der Waals surface area contributed by atoms with Crippen LogP contribution in [0.4, 0.5) is 5.69 Å². The Kier molecular flexibility index (Phi) is 4.18. The van der Waals surface area contributed by atoms with Gasteiger partial charge in [0, 0.05) is 5.56 Å². The van der Waals surface area contributed by atoms with Crippen LogP contribution in [-0.2, 0) is 4.79 Å². The number of aromatic nitrogens is 4. The molecule has 0 saturated heterocycles. The van der Waals surface area contributed by atoms with Gasteiger partial charge in [-0.05, 0) is 31.2 Å². The van der Waals surface area contributed by atoms with Gasteiger partial charge in [-0.3, -0.25) is 14.0 Å². The van der Waals surface area contributed by atoms with Gasteiger partial charge in [0.2, 0.25) is 11.7 Å². The Morgan fingerprint density at radius 1 is 1.15 bits per heavy atom. The molecule has 2 N–H and O–H groups in total. The van der Waals surface area contributed by atoms with Crippen LogP contribution >= 0.6 is 11.8 Å². The van der Waals surface area contributed by atoms with Crippen molar-refractivity contribution in [2.45, 2.75) is 12.1 Å². The summed E-state index contributed by atoms with van der Waals surface area (Å²) in [5.74, 6) is 0.506. The van der Waals surface area contributed by atoms with Gasteiger partial charge in [0.15, 0.2) is 10.9 Å². The third-order valence-electron chi connectivity index (χ3n) is 3.92. The summed E-state index contributed by atoms with van der Waals surface area (Å²) in [6.45, 7) is 1.48. The molecule has 0 radical (unpaired) electrons. The lowest BCUT2D eigenvalue weighted by Gasteiger charge is -2.08. The Morgan fingerprint density at radius 2 is 1.92 bits per heavy atom. The average Bonchev–Trinajstić information content (AvgIpc) is 3.19. The van der Waals surface area contributed by atoms with E-state index in [1.54, 1.807) is 24.3 Å². The molecule has 0 atom stereocenters. The molecule has 2 aromatic carbocycles. The number of aromatic amines is 1. The Hall–Kier alpha value is -3.13. The number of Topliss-reactive ketones (excluding diaryl/α,β-unsaturated/α-hetero) is 1. The molecule has 1 amide bonds. The number of imidazole rings is 1. The van der Waals surface area contributed by atoms with Crippen molar-refractivity contribution in [2.75, 3.05) is 11.1 Å². The van der Waals surface area contributed by atoms with Crippen molar-refractivity contribution >= 4 is 46.0 Å². The quantitative estimate of drug-likeness (QED) is 0.419. The maximum atomic E-state index is 12.3. The predicted molar refractivity (Wildman–Crippen MR) is 101 cm³/mol. The molecule has 0 saturated carbocycles. The lowest BCUT2D eigenvalue weighted by Crippen LogP contribution is -2.16. The molecule has 8 heteroatoms. The van der Waals surface area contributed by atoms with Gasteiger partial charge in [0.25, 0.3) is 0 Å². The van der Waals surface area contributed by atoms with E-state index in [-0.39, 0.29) is 17.4 Å². The molecule has 2 heterocycles. The van der Waals surface area contributed by atoms with E-state index in [2.05, 4.69) is 20.5 Å². The minimum atomic E-state index is -0.204. The number of amides is 1. The summed E-state index contributed by atoms with van der Waals surface area (Å²) in [6, 6.07) is 14.7. The van der Waals surface area contributed by atoms with E-state index in [4.69, 9.17) is 0 Å². The lowest BCUT2D eigenvalue weighted by molar-refractivity contribution is -0.113. The fourth-order valence-electron chi connectivity index (χ4n) is 2.75. The maximum absolute atomic E-state index is 12.3. The highest BCUT2D eigenvalue weighted by Crippen LogP contribution is 2.23. The summed E-state index contributed by atoms with van der Waals surface area (Å²) < 4.78 is 1.89. The number of carbonyl (C=O) groups excluding carboxylic acids is 2. The highest BCUT2D eigenvalue weighted by atomic mass is 32.2. The van der Waals surface area contributed by atoms with E-state index >= 15 is 0 Å². The first-order chi connectivity index (χ1) is 12.6. The van der Waals surface area contributed by atoms with Gasteiger partial charge >= 0.3 is 0 Å². The molecule has 0 aliphatic carbocycles. The van der Waals surface area contributed by atoms with Crippen LogP contribution in [0.1, 0.15) is 17.3 Å². The van der Waals surface area contributed by atoms with Gasteiger partial charge in [-0.1, -0.05) is 36.0 Å². The highest BCUT2D eigenvalue weighted by Gasteiger charge is 2.14. The second-order valence-corrected chi connectivity index (χ2v) is 6.65. The van der Waals surface area contributed by atoms with Gasteiger partial charge in [-0.2, -0.15) is 0 Å². The van der Waals surface area contributed by atoms with Crippen molar-refractivity contribution in [1.82, 2.24) is 19.6 Å². The minimum Gasteiger partial charge on any atom is -0.325 e. The molecule has 0 unspecified atom stereocenters. The number of nitrogens with zero attached hydrogens (tertiary/aromatic N) is 3. The summed E-state index contributed by atoms with van der Waals surface area (Å²) in [5.41, 5.74) is 2.81. The van der Waals surface area contributed by atoms with Crippen molar-refractivity contribution in [3.63, 3.8) is 0 Å². The highest BCUT2D eigenvalue weighted by molar-refractivity contribution is 7.99. The van der Waals surface area contributed by atoms with Crippen LogP contribution < -0.4 is 5.32 Å². The SMILES string of the molecule is CC(=O)c1ccccc1NC(=O)CSc1n[nH]c2nc3ccccc3n12. The summed E-state index contributed by atoms with van der Waals surface area (Å²) in [5, 5.41) is 10.6. The molecule has 0 aliphatic heterocycles. The minimum absolute atomic E-state index is 0.0903. The maximum Gasteiger partial charge on any atom is 0.234 e. The molecule has 4 rings (SSSR count). The Morgan fingerprint density at radius 3 is 2.77 bits per heavy atom. The first-order valence-electron chi connectivity index (χ1n) is 7.97. The van der Waals surface area contributed by atoms with Gasteiger partial charge in [0.05, 0.1) is 22.5 Å². The molecule has 0 aliphatic rings. The monoisotopic (exact) mass is 365 g/mol. The topological polar surface area (TPSA) is 92.1 Å². The van der Waals surface area contributed by atoms with E-state index < -0.39 is 0 Å². The van der Waals surface area contributed by atoms with Crippen LogP contribution in [0.3, 0.4) is 0 Å². The van der Waals surface area contributed by atoms with Crippen LogP contribution in [0, 0.1) is 0 Å². The molecule has 4 aromatic rings. The Balaban J connectivity index is 1.52. The second kappa shape index (κ2) is 6.64. The average molecular weight is 365 g/mol. The molecule has 130 valence electrons. The number of benzene rings is 2. The van der Waals surface area contributed by atoms with Gasteiger partial charge < -0.3 is 5.32 Å². The van der Waals surface area contributed by atoms with E-state index in [1.165, 1.54) is 18.7 Å². The number of H-pyrrole nitrogens is 1. The molecular formula is C18H15N5O2S. The summed E-state index contributed by atoms with van der Waals surface area (Å²) in [6.07, 6.45) is 0. The van der Waals surface area contributed by atoms with Crippen LogP contribution in [0.5, 0.6) is 0 Å². The summed E-state index contributed by atoms with van der Waals surface area (Å²) in [7, 11) is 0. The van der Waals surface area contributed by atoms with Crippen molar-refractivity contribution in [3.8, 4) is 0 Å². The van der Waals surface area contributed by atoms with Gasteiger partial charge in [-0.25, -0.2) is 10.1 Å². The summed E-state index contributed by atoms with van der Waals surface area (Å²) in [4.78, 5) is 28.4. The first-order valence-corrected chi connectivity index (χ1v) is 8.96. The predicted octanol–water partition coefficient (Wildman–Crippen LogP) is 3.14. The number of nitrogens with one attached hydrogen (secondary N) is 2. The van der Waals surface area contributed by atoms with Gasteiger partial charge in [0.1, 0.15) is 0 Å². The number of carbonyl (C=O) groups is 2. The number of thioether (sulfide) groups is 1. The molecule has 0 bridgehead atoms. The van der Waals surface area contributed by atoms with Gasteiger partial charge in [-0.15, -0.1) is 5.10 Å². The molecular weight excluding hydrogens is 350 g/mol. The van der Waals surface area contributed by atoms with Crippen molar-refractivity contribution in [3.05, 3.63) is 54.1 Å². The molecule has 26 heavy (non-hydrogen) atoms. The number of fused-ring (bicyclic) bond motifs is 3. The number of para-hydroxylation sites is 3. The molecule has 0 fully saturated rings. The van der Waals surface area contributed by atoms with Crippen LogP contribution in [0.2, 0.25) is 0 Å². The van der Waals surface area contributed by atoms with Crippen LogP contribution in [-0.4, -0.2) is 37.0 Å². The zero-order valence-corrected chi connectivity index (χ0v) is 14.7. The van der Waals surface area contributed by atoms with E-state index in [9.17, 15) is 9.59 Å². The van der Waals surface area contributed by atoms with Crippen LogP contribution in [0.15, 0.2) is 53.7 Å². The zero-order chi connectivity index (χ0) is 18.1. The van der Waals surface area contributed by atoms with E-state index in [0.717, 1.165) is 11.0 Å². The first kappa shape index (κ1) is 16.3. The number of hydrogen-bond acceptors (Lipinski definition) is 5. The Bertz CT molecular complexity index is 1130. The molecule has 7 nitrogen and oxygen atoms in total. The molecule has 2 aromatic heterocycles.